The molecule has 0 saturated carbocycles. The zero-order chi connectivity index (χ0) is 41.2. The molecule has 0 N–H and O–H groups in total. The lowest BCUT2D eigenvalue weighted by molar-refractivity contribution is 0.669. The van der Waals surface area contributed by atoms with Gasteiger partial charge in [0.25, 0.3) is 0 Å². The van der Waals surface area contributed by atoms with E-state index in [1.54, 1.807) is 0 Å². The largest absolute Gasteiger partial charge is 0.456 e. The highest BCUT2D eigenvalue weighted by Gasteiger charge is 2.25. The van der Waals surface area contributed by atoms with Gasteiger partial charge in [0.15, 0.2) is 0 Å². The molecule has 7 aromatic rings. The van der Waals surface area contributed by atoms with Gasteiger partial charge >= 0.3 is 0 Å². The lowest BCUT2D eigenvalue weighted by Gasteiger charge is -2.32. The number of hydrogen-bond donors (Lipinski definition) is 0. The van der Waals surface area contributed by atoms with Crippen LogP contribution in [0.1, 0.15) is 60.6 Å². The lowest BCUT2D eigenvalue weighted by atomic mass is 9.77. The van der Waals surface area contributed by atoms with Crippen LogP contribution in [0.2, 0.25) is 0 Å². The zero-order valence-corrected chi connectivity index (χ0v) is 34.9. The van der Waals surface area contributed by atoms with Gasteiger partial charge in [-0.2, -0.15) is 0 Å². The smallest absolute Gasteiger partial charge is 0.135 e. The van der Waals surface area contributed by atoms with E-state index in [1.165, 1.54) is 61.5 Å². The summed E-state index contributed by atoms with van der Waals surface area (Å²) >= 11 is 0. The van der Waals surface area contributed by atoms with Gasteiger partial charge in [-0.3, -0.25) is 0 Å². The van der Waals surface area contributed by atoms with Crippen LogP contribution in [0, 0.1) is 5.92 Å². The third-order valence-electron chi connectivity index (χ3n) is 13.3. The summed E-state index contributed by atoms with van der Waals surface area (Å²) in [4.78, 5) is 2.47. The molecule has 0 bridgehead atoms. The van der Waals surface area contributed by atoms with Crippen molar-refractivity contribution in [1.82, 2.24) is 0 Å². The second-order valence-corrected chi connectivity index (χ2v) is 17.1. The van der Waals surface area contributed by atoms with Crippen molar-refractivity contribution in [2.75, 3.05) is 4.90 Å². The molecule has 300 valence electrons. The molecule has 0 aliphatic heterocycles. The number of allylic oxidation sites excluding steroid dienone is 16. The van der Waals surface area contributed by atoms with Crippen molar-refractivity contribution in [3.8, 4) is 11.1 Å². The van der Waals surface area contributed by atoms with E-state index in [2.05, 4.69) is 211 Å². The summed E-state index contributed by atoms with van der Waals surface area (Å²) in [6.45, 7) is 0. The molecule has 4 aliphatic carbocycles. The second-order valence-electron chi connectivity index (χ2n) is 17.1. The molecule has 2 nitrogen and oxygen atoms in total. The molecule has 2 heteroatoms. The maximum Gasteiger partial charge on any atom is 0.135 e. The zero-order valence-electron chi connectivity index (χ0n) is 34.9. The number of fused-ring (bicyclic) bond motifs is 3. The Labute approximate surface area is 365 Å². The Hall–Kier alpha value is -7.16. The van der Waals surface area contributed by atoms with Crippen LogP contribution in [0.25, 0.3) is 38.6 Å². The molecular weight excluding hydrogens is 751 g/mol. The number of hydrogen-bond acceptors (Lipinski definition) is 2. The minimum atomic E-state index is 0.372. The molecule has 3 unspecified atom stereocenters. The highest BCUT2D eigenvalue weighted by molar-refractivity contribution is 6.06. The maximum absolute atomic E-state index is 6.15. The van der Waals surface area contributed by atoms with Crippen LogP contribution >= 0.6 is 0 Å². The van der Waals surface area contributed by atoms with E-state index in [0.29, 0.717) is 17.8 Å². The minimum Gasteiger partial charge on any atom is -0.456 e. The summed E-state index contributed by atoms with van der Waals surface area (Å²) in [5.74, 6) is 1.22. The van der Waals surface area contributed by atoms with Crippen LogP contribution < -0.4 is 4.90 Å². The van der Waals surface area contributed by atoms with E-state index >= 15 is 0 Å². The van der Waals surface area contributed by atoms with Crippen molar-refractivity contribution in [1.29, 1.82) is 0 Å². The molecule has 0 radical (unpaired) electrons. The summed E-state index contributed by atoms with van der Waals surface area (Å²) in [5.41, 5.74) is 17.5. The van der Waals surface area contributed by atoms with Crippen molar-refractivity contribution in [2.24, 2.45) is 5.92 Å². The Morgan fingerprint density at radius 2 is 1.21 bits per heavy atom. The Morgan fingerprint density at radius 3 is 1.90 bits per heavy atom. The van der Waals surface area contributed by atoms with E-state index in [4.69, 9.17) is 4.42 Å². The van der Waals surface area contributed by atoms with Gasteiger partial charge < -0.3 is 9.32 Å². The summed E-state index contributed by atoms with van der Waals surface area (Å²) in [6.07, 6.45) is 31.0. The van der Waals surface area contributed by atoms with Crippen LogP contribution in [0.5, 0.6) is 0 Å². The minimum absolute atomic E-state index is 0.372. The molecule has 4 aliphatic rings. The second kappa shape index (κ2) is 16.7. The van der Waals surface area contributed by atoms with E-state index in [1.807, 2.05) is 12.1 Å². The molecule has 0 fully saturated rings. The average molecular weight is 800 g/mol. The molecule has 0 saturated heterocycles. The van der Waals surface area contributed by atoms with Gasteiger partial charge in [-0.15, -0.1) is 0 Å². The fourth-order valence-corrected chi connectivity index (χ4v) is 9.89. The number of rotatable bonds is 9. The molecular formula is C60H49NO. The summed E-state index contributed by atoms with van der Waals surface area (Å²) in [5, 5.41) is 2.30. The molecule has 6 aromatic carbocycles. The van der Waals surface area contributed by atoms with E-state index in [9.17, 15) is 0 Å². The Balaban J connectivity index is 0.919. The Morgan fingerprint density at radius 1 is 0.516 bits per heavy atom. The van der Waals surface area contributed by atoms with Gasteiger partial charge in [0.1, 0.15) is 11.2 Å². The van der Waals surface area contributed by atoms with Crippen molar-refractivity contribution in [2.45, 2.75) is 43.9 Å². The van der Waals surface area contributed by atoms with E-state index in [0.717, 1.165) is 59.7 Å². The van der Waals surface area contributed by atoms with Crippen LogP contribution in [-0.4, -0.2) is 0 Å². The number of anilines is 2. The lowest BCUT2D eigenvalue weighted by Crippen LogP contribution is -2.18. The number of nitrogens with zero attached hydrogens (tertiary/aromatic N) is 1. The molecule has 0 amide bonds. The highest BCUT2D eigenvalue weighted by atomic mass is 16.3. The SMILES string of the molecule is C1=CCC(C2=CC(c3ccccc3)CC(C3=CC=C(N(c4ccc(C5=CCC(c6ccccc6)C=C5)cc4)c4ccc(-c5ccc6oc7ccccc7c6c5)cc4)CC3)=C2)C=C1. The van der Waals surface area contributed by atoms with E-state index < -0.39 is 0 Å². The third-order valence-corrected chi connectivity index (χ3v) is 13.3. The van der Waals surface area contributed by atoms with Gasteiger partial charge in [-0.25, -0.2) is 0 Å². The standard InChI is InChI=1S/C60H49NO/c1-4-12-42(13-5-1)45-20-22-46(23-21-45)47-24-31-54(32-25-47)61(55-33-26-48(27-34-55)50-30-37-60-58(41-50)57-18-10-11-19-59(57)62-60)56-35-28-49(29-36-56)53-39-51(43-14-6-2-7-15-43)38-52(40-53)44-16-8-3-9-17-44/h1-16,18-20,22-28,30-35,37-38,40-41,44-45,51H,17,21,29,36,39H2. The quantitative estimate of drug-likeness (QED) is 0.145. The molecule has 11 rings (SSSR count). The summed E-state index contributed by atoms with van der Waals surface area (Å²) < 4.78 is 6.15. The first-order valence-corrected chi connectivity index (χ1v) is 22.3. The average Bonchev–Trinajstić information content (AvgIpc) is 3.74. The fourth-order valence-electron chi connectivity index (χ4n) is 9.89. The molecule has 3 atom stereocenters. The predicted molar refractivity (Wildman–Crippen MR) is 260 cm³/mol. The fraction of sp³-hybridized carbons (Fsp3) is 0.133. The number of furan rings is 1. The van der Waals surface area contributed by atoms with Gasteiger partial charge in [0.2, 0.25) is 0 Å². The van der Waals surface area contributed by atoms with Gasteiger partial charge in [-0.1, -0.05) is 170 Å². The van der Waals surface area contributed by atoms with Gasteiger partial charge in [0, 0.05) is 45.6 Å². The first-order valence-electron chi connectivity index (χ1n) is 22.3. The summed E-state index contributed by atoms with van der Waals surface area (Å²) in [7, 11) is 0. The summed E-state index contributed by atoms with van der Waals surface area (Å²) in [6, 6.07) is 55.0. The van der Waals surface area contributed by atoms with Gasteiger partial charge in [-0.05, 0) is 131 Å². The topological polar surface area (TPSA) is 16.4 Å². The van der Waals surface area contributed by atoms with Crippen LogP contribution in [0.4, 0.5) is 11.4 Å². The predicted octanol–water partition coefficient (Wildman–Crippen LogP) is 16.3. The van der Waals surface area contributed by atoms with E-state index in [-0.39, 0.29) is 0 Å². The number of benzene rings is 6. The van der Waals surface area contributed by atoms with Crippen molar-refractivity contribution in [3.63, 3.8) is 0 Å². The maximum atomic E-state index is 6.15. The Kier molecular flexibility index (Phi) is 10.2. The van der Waals surface area contributed by atoms with Crippen LogP contribution in [-0.2, 0) is 0 Å². The number of para-hydroxylation sites is 1. The van der Waals surface area contributed by atoms with Crippen molar-refractivity contribution in [3.05, 3.63) is 258 Å². The van der Waals surface area contributed by atoms with Crippen LogP contribution in [0.3, 0.4) is 0 Å². The molecule has 62 heavy (non-hydrogen) atoms. The first-order chi connectivity index (χ1) is 30.7. The van der Waals surface area contributed by atoms with Crippen molar-refractivity contribution >= 4 is 38.9 Å². The normalized spacial score (nSPS) is 19.7. The monoisotopic (exact) mass is 799 g/mol. The Bertz CT molecular complexity index is 3020. The highest BCUT2D eigenvalue weighted by Crippen LogP contribution is 2.43. The van der Waals surface area contributed by atoms with Crippen molar-refractivity contribution < 1.29 is 4.42 Å². The molecule has 1 heterocycles. The van der Waals surface area contributed by atoms with Gasteiger partial charge in [0.05, 0.1) is 0 Å². The third kappa shape index (κ3) is 7.58. The molecule has 1 aromatic heterocycles. The molecule has 0 spiro atoms. The van der Waals surface area contributed by atoms with Crippen LogP contribution in [0.15, 0.2) is 245 Å². The first kappa shape index (κ1) is 37.8.